The van der Waals surface area contributed by atoms with E-state index in [4.69, 9.17) is 9.47 Å². The standard InChI is InChI=1S/C23H34N2O6/c1-3-4-5-6-7-11-14-20(22(28)30-2)25-21(27)15-19(26)16-24-23(29)31-17-18-12-9-8-10-13-18/h3,8-10,12-13,19-20,26H,1,4-7,11,14-17H2,2H3,(H,24,29)(H,25,27)/t19-,20+/m0/s1. The Kier molecular flexibility index (Phi) is 13.4. The molecule has 0 fully saturated rings. The molecule has 0 heterocycles. The second-order valence-electron chi connectivity index (χ2n) is 7.22. The number of aliphatic hydroxyl groups excluding tert-OH is 1. The van der Waals surface area contributed by atoms with E-state index < -0.39 is 30.1 Å². The van der Waals surface area contributed by atoms with Crippen molar-refractivity contribution in [2.45, 2.75) is 63.7 Å². The van der Waals surface area contributed by atoms with Gasteiger partial charge in [-0.1, -0.05) is 55.7 Å². The SMILES string of the molecule is C=CCCCCCC[C@@H](NC(=O)C[C@H](O)CNC(=O)OCc1ccccc1)C(=O)OC. The van der Waals surface area contributed by atoms with Crippen molar-refractivity contribution in [2.24, 2.45) is 0 Å². The molecule has 8 heteroatoms. The molecule has 0 spiro atoms. The number of methoxy groups -OCH3 is 1. The molecule has 0 aliphatic carbocycles. The Bertz CT molecular complexity index is 680. The number of hydrogen-bond donors (Lipinski definition) is 3. The van der Waals surface area contributed by atoms with Crippen molar-refractivity contribution in [3.63, 3.8) is 0 Å². The second-order valence-corrected chi connectivity index (χ2v) is 7.22. The number of allylic oxidation sites excluding steroid dienone is 1. The number of rotatable bonds is 15. The van der Waals surface area contributed by atoms with Crippen molar-refractivity contribution in [1.82, 2.24) is 10.6 Å². The van der Waals surface area contributed by atoms with Gasteiger partial charge in [-0.25, -0.2) is 9.59 Å². The summed E-state index contributed by atoms with van der Waals surface area (Å²) in [5.41, 5.74) is 0.840. The van der Waals surface area contributed by atoms with Gasteiger partial charge in [-0.3, -0.25) is 4.79 Å². The van der Waals surface area contributed by atoms with E-state index in [-0.39, 0.29) is 19.6 Å². The van der Waals surface area contributed by atoms with E-state index in [9.17, 15) is 19.5 Å². The lowest BCUT2D eigenvalue weighted by atomic mass is 10.1. The molecule has 2 atom stereocenters. The fourth-order valence-corrected chi connectivity index (χ4v) is 2.90. The smallest absolute Gasteiger partial charge is 0.407 e. The predicted octanol–water partition coefficient (Wildman–Crippen LogP) is 2.85. The third-order valence-electron chi connectivity index (χ3n) is 4.59. The van der Waals surface area contributed by atoms with Crippen molar-refractivity contribution in [3.8, 4) is 0 Å². The second kappa shape index (κ2) is 15.9. The van der Waals surface area contributed by atoms with Gasteiger partial charge in [0.25, 0.3) is 0 Å². The van der Waals surface area contributed by atoms with Gasteiger partial charge in [0.1, 0.15) is 12.6 Å². The third kappa shape index (κ3) is 12.4. The van der Waals surface area contributed by atoms with Crippen molar-refractivity contribution >= 4 is 18.0 Å². The molecule has 1 aromatic rings. The molecule has 8 nitrogen and oxygen atoms in total. The van der Waals surface area contributed by atoms with Crippen LogP contribution in [0.1, 0.15) is 50.5 Å². The zero-order chi connectivity index (χ0) is 22.9. The molecule has 31 heavy (non-hydrogen) atoms. The first-order valence-electron chi connectivity index (χ1n) is 10.6. The minimum atomic E-state index is -1.11. The monoisotopic (exact) mass is 434 g/mol. The van der Waals surface area contributed by atoms with Crippen LogP contribution < -0.4 is 10.6 Å². The average Bonchev–Trinajstić information content (AvgIpc) is 2.77. The summed E-state index contributed by atoms with van der Waals surface area (Å²) in [7, 11) is 1.27. The summed E-state index contributed by atoms with van der Waals surface area (Å²) in [4.78, 5) is 35.8. The van der Waals surface area contributed by atoms with Crippen molar-refractivity contribution in [2.75, 3.05) is 13.7 Å². The number of aliphatic hydroxyl groups is 1. The molecule has 2 amide bonds. The normalized spacial score (nSPS) is 12.3. The number of nitrogens with one attached hydrogen (secondary N) is 2. The van der Waals surface area contributed by atoms with E-state index in [0.29, 0.717) is 6.42 Å². The van der Waals surface area contributed by atoms with E-state index in [1.807, 2.05) is 36.4 Å². The van der Waals surface area contributed by atoms with Crippen LogP contribution in [-0.2, 0) is 25.7 Å². The van der Waals surface area contributed by atoms with Gasteiger partial charge in [0.15, 0.2) is 0 Å². The molecular weight excluding hydrogens is 400 g/mol. The largest absolute Gasteiger partial charge is 0.467 e. The van der Waals surface area contributed by atoms with Gasteiger partial charge in [0.05, 0.1) is 19.6 Å². The van der Waals surface area contributed by atoms with Crippen LogP contribution in [0.3, 0.4) is 0 Å². The number of carbonyl (C=O) groups excluding carboxylic acids is 3. The molecule has 3 N–H and O–H groups in total. The topological polar surface area (TPSA) is 114 Å². The number of carbonyl (C=O) groups is 3. The van der Waals surface area contributed by atoms with Crippen molar-refractivity contribution < 1.29 is 29.0 Å². The van der Waals surface area contributed by atoms with E-state index in [1.54, 1.807) is 0 Å². The lowest BCUT2D eigenvalue weighted by Crippen LogP contribution is -2.43. The molecule has 1 rings (SSSR count). The summed E-state index contributed by atoms with van der Waals surface area (Å²) in [5.74, 6) is -1.01. The Morgan fingerprint density at radius 3 is 2.52 bits per heavy atom. The van der Waals surface area contributed by atoms with E-state index in [1.165, 1.54) is 7.11 Å². The average molecular weight is 435 g/mol. The van der Waals surface area contributed by atoms with Crippen molar-refractivity contribution in [3.05, 3.63) is 48.6 Å². The van der Waals surface area contributed by atoms with Gasteiger partial charge in [0.2, 0.25) is 5.91 Å². The van der Waals surface area contributed by atoms with E-state index in [2.05, 4.69) is 17.2 Å². The first-order valence-corrected chi connectivity index (χ1v) is 10.6. The van der Waals surface area contributed by atoms with Crippen LogP contribution in [0.2, 0.25) is 0 Å². The van der Waals surface area contributed by atoms with Gasteiger partial charge in [-0.2, -0.15) is 0 Å². The lowest BCUT2D eigenvalue weighted by molar-refractivity contribution is -0.145. The molecule has 0 radical (unpaired) electrons. The highest BCUT2D eigenvalue weighted by Gasteiger charge is 2.22. The molecule has 0 aromatic heterocycles. The Labute approximate surface area is 184 Å². The zero-order valence-electron chi connectivity index (χ0n) is 18.2. The number of benzene rings is 1. The summed E-state index contributed by atoms with van der Waals surface area (Å²) in [6.45, 7) is 3.65. The van der Waals surface area contributed by atoms with E-state index >= 15 is 0 Å². The molecule has 0 unspecified atom stereocenters. The van der Waals surface area contributed by atoms with Gasteiger partial charge < -0.3 is 25.2 Å². The highest BCUT2D eigenvalue weighted by molar-refractivity contribution is 5.84. The molecular formula is C23H34N2O6. The lowest BCUT2D eigenvalue weighted by Gasteiger charge is -2.18. The van der Waals surface area contributed by atoms with E-state index in [0.717, 1.165) is 37.7 Å². The van der Waals surface area contributed by atoms with Crippen LogP contribution >= 0.6 is 0 Å². The molecule has 0 aliphatic heterocycles. The summed E-state index contributed by atoms with van der Waals surface area (Å²) < 4.78 is 9.80. The molecule has 0 aliphatic rings. The fourth-order valence-electron chi connectivity index (χ4n) is 2.90. The van der Waals surface area contributed by atoms with Gasteiger partial charge >= 0.3 is 12.1 Å². The summed E-state index contributed by atoms with van der Waals surface area (Å²) in [6.07, 6.45) is 5.03. The van der Waals surface area contributed by atoms with Crippen LogP contribution in [-0.4, -0.2) is 48.9 Å². The quantitative estimate of drug-likeness (QED) is 0.222. The first-order chi connectivity index (χ1) is 15.0. The maximum absolute atomic E-state index is 12.2. The van der Waals surface area contributed by atoms with Crippen LogP contribution in [0, 0.1) is 0 Å². The van der Waals surface area contributed by atoms with Crippen LogP contribution in [0.5, 0.6) is 0 Å². The highest BCUT2D eigenvalue weighted by atomic mass is 16.5. The molecule has 0 bridgehead atoms. The van der Waals surface area contributed by atoms with Crippen LogP contribution in [0.15, 0.2) is 43.0 Å². The van der Waals surface area contributed by atoms with Gasteiger partial charge in [-0.15, -0.1) is 6.58 Å². The fraction of sp³-hybridized carbons (Fsp3) is 0.522. The number of ether oxygens (including phenoxy) is 2. The van der Waals surface area contributed by atoms with Gasteiger partial charge in [0, 0.05) is 6.54 Å². The molecule has 0 saturated heterocycles. The Morgan fingerprint density at radius 1 is 1.13 bits per heavy atom. The molecule has 172 valence electrons. The third-order valence-corrected chi connectivity index (χ3v) is 4.59. The molecule has 0 saturated carbocycles. The van der Waals surface area contributed by atoms with Crippen LogP contribution in [0.4, 0.5) is 4.79 Å². The van der Waals surface area contributed by atoms with Gasteiger partial charge in [-0.05, 0) is 24.8 Å². The summed E-state index contributed by atoms with van der Waals surface area (Å²) in [5, 5.41) is 15.0. The van der Waals surface area contributed by atoms with Crippen LogP contribution in [0.25, 0.3) is 0 Å². The summed E-state index contributed by atoms with van der Waals surface area (Å²) >= 11 is 0. The minimum Gasteiger partial charge on any atom is -0.467 e. The van der Waals surface area contributed by atoms with Crippen molar-refractivity contribution in [1.29, 1.82) is 0 Å². The number of alkyl carbamates (subject to hydrolysis) is 1. The number of amides is 2. The minimum absolute atomic E-state index is 0.109. The Morgan fingerprint density at radius 2 is 1.84 bits per heavy atom. The number of hydrogen-bond acceptors (Lipinski definition) is 6. The Balaban J connectivity index is 2.30. The zero-order valence-corrected chi connectivity index (χ0v) is 18.2. The predicted molar refractivity (Wildman–Crippen MR) is 117 cm³/mol. The maximum Gasteiger partial charge on any atom is 0.407 e. The maximum atomic E-state index is 12.2. The molecule has 1 aromatic carbocycles. The highest BCUT2D eigenvalue weighted by Crippen LogP contribution is 2.09. The summed E-state index contributed by atoms with van der Waals surface area (Å²) in [6, 6.07) is 8.43. The first kappa shape index (κ1) is 26.2. The number of esters is 1. The Hall–Kier alpha value is -2.87. The number of unbranched alkanes of at least 4 members (excludes halogenated alkanes) is 4.